The number of hydrogen-bond acceptors (Lipinski definition) is 3. The van der Waals surface area contributed by atoms with Gasteiger partial charge in [0.2, 0.25) is 0 Å². The number of rotatable bonds is 5. The van der Waals surface area contributed by atoms with Crippen molar-refractivity contribution in [2.45, 2.75) is 6.04 Å². The average Bonchev–Trinajstić information content (AvgIpc) is 3.02. The summed E-state index contributed by atoms with van der Waals surface area (Å²) in [6, 6.07) is 14.1. The Morgan fingerprint density at radius 1 is 1.20 bits per heavy atom. The van der Waals surface area contributed by atoms with Gasteiger partial charge in [0, 0.05) is 32.7 Å². The van der Waals surface area contributed by atoms with E-state index < -0.39 is 12.1 Å². The molecule has 1 heterocycles. The molecule has 7 heteroatoms. The highest BCUT2D eigenvalue weighted by Crippen LogP contribution is 2.27. The maximum absolute atomic E-state index is 12.5. The van der Waals surface area contributed by atoms with Gasteiger partial charge in [0.25, 0.3) is 5.91 Å². The number of benzene rings is 2. The molecule has 0 bridgehead atoms. The van der Waals surface area contributed by atoms with Crippen LogP contribution in [0, 0.1) is 0 Å². The van der Waals surface area contributed by atoms with E-state index in [1.807, 2.05) is 24.3 Å². The van der Waals surface area contributed by atoms with Crippen molar-refractivity contribution >= 4 is 38.8 Å². The lowest BCUT2D eigenvalue weighted by Gasteiger charge is -2.18. The Morgan fingerprint density at radius 3 is 2.68 bits per heavy atom. The van der Waals surface area contributed by atoms with Gasteiger partial charge in [0.15, 0.2) is 0 Å². The number of halogens is 1. The zero-order chi connectivity index (χ0) is 17.8. The Morgan fingerprint density at radius 2 is 1.96 bits per heavy atom. The Labute approximate surface area is 152 Å². The summed E-state index contributed by atoms with van der Waals surface area (Å²) in [5.74, 6) is -0.261. The van der Waals surface area contributed by atoms with Crippen molar-refractivity contribution in [2.24, 2.45) is 5.73 Å². The van der Waals surface area contributed by atoms with Gasteiger partial charge in [0.05, 0.1) is 6.04 Å². The van der Waals surface area contributed by atoms with Crippen LogP contribution in [0.1, 0.15) is 22.0 Å². The van der Waals surface area contributed by atoms with E-state index >= 15 is 0 Å². The van der Waals surface area contributed by atoms with Crippen molar-refractivity contribution in [3.8, 4) is 0 Å². The van der Waals surface area contributed by atoms with E-state index in [2.05, 4.69) is 26.2 Å². The maximum atomic E-state index is 12.5. The number of nitrogens with one attached hydrogen (secondary N) is 2. The van der Waals surface area contributed by atoms with Crippen molar-refractivity contribution < 1.29 is 14.3 Å². The Bertz CT molecular complexity index is 908. The molecule has 128 valence electrons. The quantitative estimate of drug-likeness (QED) is 0.610. The summed E-state index contributed by atoms with van der Waals surface area (Å²) in [4.78, 5) is 26.7. The molecule has 3 rings (SSSR count). The van der Waals surface area contributed by atoms with Crippen LogP contribution in [0.5, 0.6) is 0 Å². The third-order valence-corrected chi connectivity index (χ3v) is 4.28. The zero-order valence-corrected chi connectivity index (χ0v) is 14.7. The van der Waals surface area contributed by atoms with E-state index in [1.165, 1.54) is 0 Å². The molecule has 0 aliphatic heterocycles. The van der Waals surface area contributed by atoms with Gasteiger partial charge in [-0.25, -0.2) is 4.79 Å². The summed E-state index contributed by atoms with van der Waals surface area (Å²) in [6.45, 7) is -0.0621. The molecule has 0 aliphatic carbocycles. The number of ether oxygens (including phenoxy) is 1. The highest BCUT2D eigenvalue weighted by Gasteiger charge is 2.20. The molecule has 3 aromatic rings. The number of H-pyrrole nitrogens is 1. The number of aromatic nitrogens is 1. The number of amides is 2. The Balaban J connectivity index is 1.92. The average molecular weight is 402 g/mol. The Kier molecular flexibility index (Phi) is 5.04. The Hall–Kier alpha value is -2.80. The van der Waals surface area contributed by atoms with Crippen LogP contribution in [0.15, 0.2) is 59.2 Å². The second-order valence-corrected chi connectivity index (χ2v) is 6.37. The lowest BCUT2D eigenvalue weighted by molar-refractivity contribution is 0.0899. The minimum atomic E-state index is -0.889. The van der Waals surface area contributed by atoms with Crippen LogP contribution < -0.4 is 11.1 Å². The first-order chi connectivity index (χ1) is 12.0. The SMILES string of the molecule is NC(=O)OCC(NC(=O)c1ccccc1)c1c[nH]c2ccc(Br)cc12. The molecule has 0 radical (unpaired) electrons. The van der Waals surface area contributed by atoms with Crippen molar-refractivity contribution in [1.82, 2.24) is 10.3 Å². The number of nitrogens with two attached hydrogens (primary N) is 1. The second kappa shape index (κ2) is 7.40. The van der Waals surface area contributed by atoms with Crippen molar-refractivity contribution in [2.75, 3.05) is 6.61 Å². The van der Waals surface area contributed by atoms with Gasteiger partial charge in [-0.2, -0.15) is 0 Å². The number of carbonyl (C=O) groups is 2. The van der Waals surface area contributed by atoms with Gasteiger partial charge in [-0.3, -0.25) is 4.79 Å². The molecule has 6 nitrogen and oxygen atoms in total. The van der Waals surface area contributed by atoms with Gasteiger partial charge < -0.3 is 20.8 Å². The van der Waals surface area contributed by atoms with E-state index in [0.717, 1.165) is 20.9 Å². The fourth-order valence-electron chi connectivity index (χ4n) is 2.61. The lowest BCUT2D eigenvalue weighted by atomic mass is 10.1. The highest BCUT2D eigenvalue weighted by molar-refractivity contribution is 9.10. The minimum absolute atomic E-state index is 0.0621. The number of aromatic amines is 1. The second-order valence-electron chi connectivity index (χ2n) is 5.46. The van der Waals surface area contributed by atoms with Crippen LogP contribution in [0.4, 0.5) is 4.79 Å². The van der Waals surface area contributed by atoms with Gasteiger partial charge in [-0.1, -0.05) is 34.1 Å². The summed E-state index contributed by atoms with van der Waals surface area (Å²) < 4.78 is 5.85. The molecule has 1 atom stereocenters. The number of fused-ring (bicyclic) bond motifs is 1. The molecule has 2 amide bonds. The van der Waals surface area contributed by atoms with Crippen LogP contribution >= 0.6 is 15.9 Å². The normalized spacial score (nSPS) is 11.9. The first kappa shape index (κ1) is 17.0. The van der Waals surface area contributed by atoms with E-state index in [0.29, 0.717) is 5.56 Å². The van der Waals surface area contributed by atoms with Crippen LogP contribution in [0.25, 0.3) is 10.9 Å². The molecule has 4 N–H and O–H groups in total. The highest BCUT2D eigenvalue weighted by atomic mass is 79.9. The monoisotopic (exact) mass is 401 g/mol. The third-order valence-electron chi connectivity index (χ3n) is 3.78. The van der Waals surface area contributed by atoms with Crippen LogP contribution in [0.3, 0.4) is 0 Å². The van der Waals surface area contributed by atoms with E-state index in [-0.39, 0.29) is 12.5 Å². The fourth-order valence-corrected chi connectivity index (χ4v) is 2.97. The summed E-state index contributed by atoms with van der Waals surface area (Å²) in [6.07, 6.45) is 0.900. The standard InChI is InChI=1S/C18H16BrN3O3/c19-12-6-7-15-13(8-12)14(9-21-15)16(10-25-18(20)24)22-17(23)11-4-2-1-3-5-11/h1-9,16,21H,10H2,(H2,20,24)(H,22,23). The van der Waals surface area contributed by atoms with E-state index in [9.17, 15) is 9.59 Å². The first-order valence-electron chi connectivity index (χ1n) is 7.59. The van der Waals surface area contributed by atoms with Crippen molar-refractivity contribution in [3.63, 3.8) is 0 Å². The number of hydrogen-bond donors (Lipinski definition) is 3. The van der Waals surface area contributed by atoms with Crippen molar-refractivity contribution in [3.05, 3.63) is 70.3 Å². The lowest BCUT2D eigenvalue weighted by Crippen LogP contribution is -2.32. The molecular weight excluding hydrogens is 386 g/mol. The smallest absolute Gasteiger partial charge is 0.404 e. The van der Waals surface area contributed by atoms with E-state index in [1.54, 1.807) is 30.5 Å². The number of primary amides is 1. The number of carbonyl (C=O) groups excluding carboxylic acids is 2. The molecule has 0 aliphatic rings. The van der Waals surface area contributed by atoms with Gasteiger partial charge in [0.1, 0.15) is 6.61 Å². The fraction of sp³-hybridized carbons (Fsp3) is 0.111. The molecule has 0 saturated carbocycles. The van der Waals surface area contributed by atoms with E-state index in [4.69, 9.17) is 10.5 Å². The molecule has 25 heavy (non-hydrogen) atoms. The molecule has 0 saturated heterocycles. The molecular formula is C18H16BrN3O3. The molecule has 1 unspecified atom stereocenters. The molecule has 0 fully saturated rings. The summed E-state index contributed by atoms with van der Waals surface area (Å²) in [5, 5.41) is 3.81. The predicted molar refractivity (Wildman–Crippen MR) is 98.2 cm³/mol. The van der Waals surface area contributed by atoms with Crippen LogP contribution in [0.2, 0.25) is 0 Å². The minimum Gasteiger partial charge on any atom is -0.447 e. The molecule has 0 spiro atoms. The first-order valence-corrected chi connectivity index (χ1v) is 8.38. The largest absolute Gasteiger partial charge is 0.447 e. The topological polar surface area (TPSA) is 97.2 Å². The van der Waals surface area contributed by atoms with Crippen molar-refractivity contribution in [1.29, 1.82) is 0 Å². The third kappa shape index (κ3) is 4.00. The molecule has 2 aromatic carbocycles. The van der Waals surface area contributed by atoms with Crippen LogP contribution in [-0.4, -0.2) is 23.6 Å². The maximum Gasteiger partial charge on any atom is 0.404 e. The van der Waals surface area contributed by atoms with Gasteiger partial charge in [-0.15, -0.1) is 0 Å². The summed E-state index contributed by atoms with van der Waals surface area (Å²) in [7, 11) is 0. The van der Waals surface area contributed by atoms with Gasteiger partial charge in [-0.05, 0) is 30.3 Å². The van der Waals surface area contributed by atoms with Crippen LogP contribution in [-0.2, 0) is 4.74 Å². The predicted octanol–water partition coefficient (Wildman–Crippen LogP) is 3.50. The van der Waals surface area contributed by atoms with Gasteiger partial charge >= 0.3 is 6.09 Å². The zero-order valence-electron chi connectivity index (χ0n) is 13.2. The summed E-state index contributed by atoms with van der Waals surface area (Å²) >= 11 is 3.44. The summed E-state index contributed by atoms with van der Waals surface area (Å²) in [5.41, 5.74) is 7.33. The molecule has 1 aromatic heterocycles.